The zero-order valence-electron chi connectivity index (χ0n) is 23.2. The van der Waals surface area contributed by atoms with Crippen LogP contribution in [0.5, 0.6) is 0 Å². The summed E-state index contributed by atoms with van der Waals surface area (Å²) in [5.41, 5.74) is 9.95. The van der Waals surface area contributed by atoms with Crippen molar-refractivity contribution < 1.29 is 4.79 Å². The second-order valence-corrected chi connectivity index (χ2v) is 11.6. The number of hydrogen-bond donors (Lipinski definition) is 2. The quantitative estimate of drug-likeness (QED) is 0.326. The Morgan fingerprint density at radius 2 is 1.86 bits per heavy atom. The molecule has 6 heteroatoms. The van der Waals surface area contributed by atoms with Gasteiger partial charge in [-0.3, -0.25) is 9.69 Å². The molecule has 6 nitrogen and oxygen atoms in total. The molecule has 1 fully saturated rings. The van der Waals surface area contributed by atoms with Crippen LogP contribution < -0.4 is 5.32 Å². The minimum absolute atomic E-state index is 0.0992. The number of rotatable bonds is 7. The van der Waals surface area contributed by atoms with Crippen molar-refractivity contribution >= 4 is 22.3 Å². The van der Waals surface area contributed by atoms with Crippen LogP contribution in [0.25, 0.3) is 27.7 Å². The molecule has 0 unspecified atom stereocenters. The highest BCUT2D eigenvalue weighted by molar-refractivity contribution is 5.92. The Balaban J connectivity index is 1.51. The number of nitrogens with one attached hydrogen (secondary N) is 2. The summed E-state index contributed by atoms with van der Waals surface area (Å²) < 4.78 is 2.12. The van der Waals surface area contributed by atoms with Gasteiger partial charge in [0.1, 0.15) is 0 Å². The van der Waals surface area contributed by atoms with E-state index in [2.05, 4.69) is 90.7 Å². The van der Waals surface area contributed by atoms with Crippen molar-refractivity contribution in [3.8, 4) is 11.3 Å². The van der Waals surface area contributed by atoms with E-state index in [4.69, 9.17) is 5.10 Å². The Bertz CT molecular complexity index is 1420. The molecule has 0 bridgehead atoms. The van der Waals surface area contributed by atoms with Crippen molar-refractivity contribution in [2.75, 3.05) is 26.7 Å². The number of aromatic nitrogens is 3. The monoisotopic (exact) mass is 499 g/mol. The Labute approximate surface area is 220 Å². The largest absolute Gasteiger partial charge is 0.358 e. The topological polar surface area (TPSA) is 65.4 Å². The minimum Gasteiger partial charge on any atom is -0.358 e. The fourth-order valence-corrected chi connectivity index (χ4v) is 6.02. The van der Waals surface area contributed by atoms with E-state index in [-0.39, 0.29) is 5.91 Å². The molecule has 0 saturated carbocycles. The van der Waals surface area contributed by atoms with E-state index in [9.17, 15) is 4.79 Å². The van der Waals surface area contributed by atoms with Crippen LogP contribution in [0.3, 0.4) is 0 Å². The number of likely N-dealkylation sites (N-methyl/N-ethyl adjacent to an activating group) is 1. The van der Waals surface area contributed by atoms with Crippen molar-refractivity contribution in [3.05, 3.63) is 58.9 Å². The summed E-state index contributed by atoms with van der Waals surface area (Å²) in [4.78, 5) is 17.8. The maximum absolute atomic E-state index is 11.8. The fourth-order valence-electron chi connectivity index (χ4n) is 6.02. The van der Waals surface area contributed by atoms with Gasteiger partial charge in [-0.25, -0.2) is 4.52 Å². The third-order valence-corrected chi connectivity index (χ3v) is 7.81. The van der Waals surface area contributed by atoms with Gasteiger partial charge in [-0.2, -0.15) is 5.10 Å². The first-order valence-corrected chi connectivity index (χ1v) is 13.8. The van der Waals surface area contributed by atoms with Gasteiger partial charge in [0.15, 0.2) is 0 Å². The summed E-state index contributed by atoms with van der Waals surface area (Å²) >= 11 is 0. The highest BCUT2D eigenvalue weighted by atomic mass is 16.1. The molecule has 1 saturated heterocycles. The van der Waals surface area contributed by atoms with E-state index in [1.165, 1.54) is 39.0 Å². The Hall–Kier alpha value is -3.12. The predicted octanol–water partition coefficient (Wildman–Crippen LogP) is 6.04. The number of hydrogen-bond acceptors (Lipinski definition) is 3. The lowest BCUT2D eigenvalue weighted by Crippen LogP contribution is -2.40. The molecule has 2 N–H and O–H groups in total. The Morgan fingerprint density at radius 3 is 2.54 bits per heavy atom. The number of likely N-dealkylation sites (tertiary alicyclic amines) is 1. The first-order chi connectivity index (χ1) is 17.7. The van der Waals surface area contributed by atoms with Gasteiger partial charge in [-0.15, -0.1) is 0 Å². The van der Waals surface area contributed by atoms with Crippen LogP contribution in [0, 0.1) is 12.8 Å². The smallest absolute Gasteiger partial charge is 0.233 e. The van der Waals surface area contributed by atoms with Crippen molar-refractivity contribution in [2.45, 2.75) is 65.7 Å². The van der Waals surface area contributed by atoms with Gasteiger partial charge in [0, 0.05) is 29.2 Å². The van der Waals surface area contributed by atoms with E-state index in [0.717, 1.165) is 43.6 Å². The predicted molar refractivity (Wildman–Crippen MR) is 152 cm³/mol. The summed E-state index contributed by atoms with van der Waals surface area (Å²) in [7, 11) is 1.71. The normalized spacial score (nSPS) is 15.5. The average Bonchev–Trinajstić information content (AvgIpc) is 3.43. The van der Waals surface area contributed by atoms with Crippen LogP contribution in [0.2, 0.25) is 0 Å². The van der Waals surface area contributed by atoms with Crippen molar-refractivity contribution in [3.63, 3.8) is 0 Å². The van der Waals surface area contributed by atoms with Gasteiger partial charge in [0.05, 0.1) is 23.4 Å². The highest BCUT2D eigenvalue weighted by Gasteiger charge is 2.24. The number of piperidine rings is 1. The molecule has 0 radical (unpaired) electrons. The molecule has 3 aromatic heterocycles. The Morgan fingerprint density at radius 1 is 1.11 bits per heavy atom. The molecular formula is C31H41N5O. The summed E-state index contributed by atoms with van der Waals surface area (Å²) in [5.74, 6) is 1.58. The number of aromatic amines is 1. The summed E-state index contributed by atoms with van der Waals surface area (Å²) in [5, 5.41) is 8.85. The minimum atomic E-state index is 0.0992. The average molecular weight is 500 g/mol. The van der Waals surface area contributed by atoms with Gasteiger partial charge in [-0.1, -0.05) is 33.8 Å². The second kappa shape index (κ2) is 10.3. The first-order valence-electron chi connectivity index (χ1n) is 13.8. The molecule has 0 aliphatic carbocycles. The van der Waals surface area contributed by atoms with Gasteiger partial charge in [0.25, 0.3) is 0 Å². The van der Waals surface area contributed by atoms with Crippen molar-refractivity contribution in [1.29, 1.82) is 0 Å². The van der Waals surface area contributed by atoms with E-state index in [0.29, 0.717) is 24.3 Å². The van der Waals surface area contributed by atoms with Gasteiger partial charge >= 0.3 is 0 Å². The molecule has 1 amide bonds. The van der Waals surface area contributed by atoms with Crippen molar-refractivity contribution in [2.24, 2.45) is 5.92 Å². The SMILES string of the molecule is CNC(=O)CN1CCC(c2ccc3[nH]c(-c4cc(CC(C)C)n5nc(C)cc5c4)c(C(C)C)c3c2)CC1. The van der Waals surface area contributed by atoms with E-state index >= 15 is 0 Å². The standard InChI is InChI=1S/C31H41N5O/c1-19(2)13-25-15-24(16-26-14-21(5)34-36(25)26)31-30(20(3)4)27-17-23(7-8-28(27)33-31)22-9-11-35(12-10-22)18-29(37)32-6/h7-8,14-17,19-20,22,33H,9-13,18H2,1-6H3,(H,32,37). The molecule has 1 aliphatic heterocycles. The Kier molecular flexibility index (Phi) is 7.13. The maximum atomic E-state index is 11.8. The number of carbonyl (C=O) groups is 1. The molecule has 4 aromatic rings. The van der Waals surface area contributed by atoms with E-state index in [1.54, 1.807) is 7.05 Å². The molecule has 196 valence electrons. The number of amides is 1. The third-order valence-electron chi connectivity index (χ3n) is 7.81. The lowest BCUT2D eigenvalue weighted by molar-refractivity contribution is -0.122. The van der Waals surface area contributed by atoms with E-state index < -0.39 is 0 Å². The van der Waals surface area contributed by atoms with Crippen molar-refractivity contribution in [1.82, 2.24) is 24.8 Å². The number of carbonyl (C=O) groups excluding carboxylic acids is 1. The molecule has 1 aromatic carbocycles. The van der Waals surface area contributed by atoms with Crippen LogP contribution in [0.1, 0.15) is 74.9 Å². The molecule has 5 rings (SSSR count). The second-order valence-electron chi connectivity index (χ2n) is 11.6. The van der Waals surface area contributed by atoms with Crippen LogP contribution in [-0.2, 0) is 11.2 Å². The molecule has 37 heavy (non-hydrogen) atoms. The fraction of sp³-hybridized carbons (Fsp3) is 0.484. The van der Waals surface area contributed by atoms with Crippen LogP contribution in [0.15, 0.2) is 36.4 Å². The van der Waals surface area contributed by atoms with Gasteiger partial charge in [0.2, 0.25) is 5.91 Å². The molecule has 4 heterocycles. The zero-order chi connectivity index (χ0) is 26.3. The lowest BCUT2D eigenvalue weighted by atomic mass is 9.87. The number of pyridine rings is 1. The molecule has 1 aliphatic rings. The summed E-state index contributed by atoms with van der Waals surface area (Å²) in [6.07, 6.45) is 3.17. The van der Waals surface area contributed by atoms with Crippen LogP contribution in [0.4, 0.5) is 0 Å². The van der Waals surface area contributed by atoms with Crippen LogP contribution >= 0.6 is 0 Å². The number of aryl methyl sites for hydroxylation is 1. The lowest BCUT2D eigenvalue weighted by Gasteiger charge is -2.31. The number of benzene rings is 1. The first kappa shape index (κ1) is 25.5. The summed E-state index contributed by atoms with van der Waals surface area (Å²) in [6, 6.07) is 13.8. The maximum Gasteiger partial charge on any atom is 0.233 e. The molecule has 0 atom stereocenters. The number of H-pyrrole nitrogens is 1. The molecule has 0 spiro atoms. The number of fused-ring (bicyclic) bond motifs is 2. The van der Waals surface area contributed by atoms with E-state index in [1.807, 2.05) is 0 Å². The third kappa shape index (κ3) is 5.17. The van der Waals surface area contributed by atoms with Gasteiger partial charge < -0.3 is 10.3 Å². The zero-order valence-corrected chi connectivity index (χ0v) is 23.2. The van der Waals surface area contributed by atoms with Gasteiger partial charge in [-0.05, 0) is 98.5 Å². The van der Waals surface area contributed by atoms with Crippen LogP contribution in [-0.4, -0.2) is 52.1 Å². The molecular weight excluding hydrogens is 458 g/mol. The number of nitrogens with zero attached hydrogens (tertiary/aromatic N) is 3. The highest BCUT2D eigenvalue weighted by Crippen LogP contribution is 2.39. The summed E-state index contributed by atoms with van der Waals surface area (Å²) in [6.45, 7) is 13.6.